The van der Waals surface area contributed by atoms with Gasteiger partial charge in [-0.3, -0.25) is 4.79 Å². The van der Waals surface area contributed by atoms with Crippen molar-refractivity contribution in [3.8, 4) is 0 Å². The minimum Gasteiger partial charge on any atom is -0.380 e. The summed E-state index contributed by atoms with van der Waals surface area (Å²) in [5.41, 5.74) is 8.01. The number of hydrogen-bond acceptors (Lipinski definition) is 3. The largest absolute Gasteiger partial charge is 0.380 e. The summed E-state index contributed by atoms with van der Waals surface area (Å²) in [6.45, 7) is 1.63. The second kappa shape index (κ2) is 11.6. The van der Waals surface area contributed by atoms with E-state index in [0.717, 1.165) is 12.0 Å². The average Bonchev–Trinajstić information content (AvgIpc) is 2.64. The van der Waals surface area contributed by atoms with Crippen LogP contribution in [-0.2, 0) is 22.5 Å². The fraction of sp³-hybridized carbons (Fsp3) is 0.350. The first kappa shape index (κ1) is 21.2. The molecule has 0 fully saturated rings. The van der Waals surface area contributed by atoms with Crippen molar-refractivity contribution in [1.29, 1.82) is 0 Å². The molecule has 5 heteroatoms. The molecule has 0 spiro atoms. The van der Waals surface area contributed by atoms with Crippen molar-refractivity contribution in [3.63, 3.8) is 0 Å². The lowest BCUT2D eigenvalue weighted by molar-refractivity contribution is -0.134. The molecule has 0 saturated carbocycles. The number of methoxy groups -OCH3 is 1. The van der Waals surface area contributed by atoms with Gasteiger partial charge < -0.3 is 15.4 Å². The van der Waals surface area contributed by atoms with Crippen molar-refractivity contribution in [2.75, 3.05) is 20.2 Å². The van der Waals surface area contributed by atoms with Crippen LogP contribution in [0.15, 0.2) is 60.7 Å². The second-order valence-corrected chi connectivity index (χ2v) is 5.83. The quantitative estimate of drug-likeness (QED) is 0.746. The van der Waals surface area contributed by atoms with Gasteiger partial charge in [0.1, 0.15) is 0 Å². The number of ether oxygens (including phenoxy) is 1. The van der Waals surface area contributed by atoms with E-state index in [4.69, 9.17) is 10.5 Å². The zero-order valence-electron chi connectivity index (χ0n) is 14.6. The van der Waals surface area contributed by atoms with E-state index in [1.54, 1.807) is 7.11 Å². The third-order valence-electron chi connectivity index (χ3n) is 4.08. The first-order chi connectivity index (χ1) is 11.7. The van der Waals surface area contributed by atoms with Gasteiger partial charge in [0, 0.05) is 26.7 Å². The van der Waals surface area contributed by atoms with E-state index >= 15 is 0 Å². The first-order valence-corrected chi connectivity index (χ1v) is 8.31. The zero-order valence-corrected chi connectivity index (χ0v) is 15.5. The zero-order chi connectivity index (χ0) is 17.2. The van der Waals surface area contributed by atoms with Crippen molar-refractivity contribution in [2.24, 2.45) is 5.73 Å². The highest BCUT2D eigenvalue weighted by Crippen LogP contribution is 2.10. The molecule has 25 heavy (non-hydrogen) atoms. The molecule has 2 N–H and O–H groups in total. The number of halogens is 1. The Bertz CT molecular complexity index is 604. The molecule has 0 bridgehead atoms. The Morgan fingerprint density at radius 1 is 1.04 bits per heavy atom. The minimum absolute atomic E-state index is 0. The highest BCUT2D eigenvalue weighted by molar-refractivity contribution is 5.85. The summed E-state index contributed by atoms with van der Waals surface area (Å²) in [5, 5.41) is 0. The monoisotopic (exact) mass is 362 g/mol. The fourth-order valence-corrected chi connectivity index (χ4v) is 2.59. The Balaban J connectivity index is 0.00000312. The molecule has 0 aromatic heterocycles. The standard InChI is InChI=1S/C20H26N2O2.ClH/c1-24-19(15-21)14-20(23)22(16-18-10-6-3-7-11-18)13-12-17-8-4-2-5-9-17;/h2-11,19H,12-16,21H2,1H3;1H. The fourth-order valence-electron chi connectivity index (χ4n) is 2.59. The van der Waals surface area contributed by atoms with Crippen molar-refractivity contribution in [1.82, 2.24) is 4.90 Å². The van der Waals surface area contributed by atoms with Gasteiger partial charge in [-0.2, -0.15) is 0 Å². The summed E-state index contributed by atoms with van der Waals surface area (Å²) >= 11 is 0. The van der Waals surface area contributed by atoms with E-state index in [0.29, 0.717) is 26.1 Å². The summed E-state index contributed by atoms with van der Waals surface area (Å²) in [5.74, 6) is 0.0760. The van der Waals surface area contributed by atoms with Gasteiger partial charge in [-0.15, -0.1) is 12.4 Å². The van der Waals surface area contributed by atoms with Crippen molar-refractivity contribution in [2.45, 2.75) is 25.5 Å². The van der Waals surface area contributed by atoms with Crippen LogP contribution in [0.25, 0.3) is 0 Å². The van der Waals surface area contributed by atoms with Crippen LogP contribution in [0.3, 0.4) is 0 Å². The third-order valence-corrected chi connectivity index (χ3v) is 4.08. The summed E-state index contributed by atoms with van der Waals surface area (Å²) < 4.78 is 5.26. The Morgan fingerprint density at radius 2 is 1.60 bits per heavy atom. The molecule has 0 heterocycles. The van der Waals surface area contributed by atoms with Crippen LogP contribution >= 0.6 is 12.4 Å². The summed E-state index contributed by atoms with van der Waals surface area (Å²) in [7, 11) is 1.59. The number of benzene rings is 2. The Kier molecular flexibility index (Phi) is 9.85. The molecule has 2 aromatic carbocycles. The van der Waals surface area contributed by atoms with Crippen molar-refractivity contribution in [3.05, 3.63) is 71.8 Å². The van der Waals surface area contributed by atoms with Gasteiger partial charge >= 0.3 is 0 Å². The average molecular weight is 363 g/mol. The number of carbonyl (C=O) groups is 1. The molecule has 136 valence electrons. The summed E-state index contributed by atoms with van der Waals surface area (Å²) in [4.78, 5) is 14.6. The van der Waals surface area contributed by atoms with Crippen LogP contribution in [-0.4, -0.2) is 37.1 Å². The Labute approximate surface area is 156 Å². The molecule has 1 amide bonds. The molecule has 2 rings (SSSR count). The maximum Gasteiger partial charge on any atom is 0.225 e. The van der Waals surface area contributed by atoms with Crippen LogP contribution in [0.5, 0.6) is 0 Å². The SMILES string of the molecule is COC(CN)CC(=O)N(CCc1ccccc1)Cc1ccccc1.Cl. The van der Waals surface area contributed by atoms with Crippen LogP contribution in [0.4, 0.5) is 0 Å². The number of nitrogens with zero attached hydrogens (tertiary/aromatic N) is 1. The lowest BCUT2D eigenvalue weighted by Gasteiger charge is -2.25. The predicted octanol–water partition coefficient (Wildman–Crippen LogP) is 3.04. The normalized spacial score (nSPS) is 11.4. The van der Waals surface area contributed by atoms with Gasteiger partial charge in [0.15, 0.2) is 0 Å². The molecule has 2 aromatic rings. The number of nitrogens with two attached hydrogens (primary N) is 1. The molecule has 1 unspecified atom stereocenters. The summed E-state index contributed by atoms with van der Waals surface area (Å²) in [6.07, 6.45) is 0.918. The van der Waals surface area contributed by atoms with Gasteiger partial charge in [-0.1, -0.05) is 60.7 Å². The predicted molar refractivity (Wildman–Crippen MR) is 104 cm³/mol. The Morgan fingerprint density at radius 3 is 2.12 bits per heavy atom. The third kappa shape index (κ3) is 7.26. The second-order valence-electron chi connectivity index (χ2n) is 5.83. The molecular weight excluding hydrogens is 336 g/mol. The smallest absolute Gasteiger partial charge is 0.225 e. The number of carbonyl (C=O) groups excluding carboxylic acids is 1. The molecule has 0 aliphatic rings. The topological polar surface area (TPSA) is 55.6 Å². The Hall–Kier alpha value is -1.88. The molecule has 0 saturated heterocycles. The molecule has 0 aliphatic heterocycles. The number of rotatable bonds is 9. The summed E-state index contributed by atoms with van der Waals surface area (Å²) in [6, 6.07) is 20.3. The lowest BCUT2D eigenvalue weighted by Crippen LogP contribution is -2.37. The van der Waals surface area contributed by atoms with E-state index in [1.165, 1.54) is 5.56 Å². The van der Waals surface area contributed by atoms with Crippen LogP contribution in [0, 0.1) is 0 Å². The molecule has 0 radical (unpaired) electrons. The maximum absolute atomic E-state index is 12.7. The van der Waals surface area contributed by atoms with Crippen LogP contribution in [0.1, 0.15) is 17.5 Å². The first-order valence-electron chi connectivity index (χ1n) is 8.31. The maximum atomic E-state index is 12.7. The van der Waals surface area contributed by atoms with Crippen molar-refractivity contribution >= 4 is 18.3 Å². The van der Waals surface area contributed by atoms with Gasteiger partial charge in [-0.05, 0) is 17.5 Å². The van der Waals surface area contributed by atoms with Gasteiger partial charge in [-0.25, -0.2) is 0 Å². The van der Waals surface area contributed by atoms with Crippen molar-refractivity contribution < 1.29 is 9.53 Å². The molecule has 0 aliphatic carbocycles. The van der Waals surface area contributed by atoms with E-state index in [9.17, 15) is 4.79 Å². The van der Waals surface area contributed by atoms with E-state index in [2.05, 4.69) is 12.1 Å². The highest BCUT2D eigenvalue weighted by atomic mass is 35.5. The number of amides is 1. The van der Waals surface area contributed by atoms with Crippen LogP contribution in [0.2, 0.25) is 0 Å². The minimum atomic E-state index is -0.229. The molecule has 4 nitrogen and oxygen atoms in total. The van der Waals surface area contributed by atoms with Gasteiger partial charge in [0.2, 0.25) is 5.91 Å². The van der Waals surface area contributed by atoms with E-state index < -0.39 is 0 Å². The van der Waals surface area contributed by atoms with E-state index in [1.807, 2.05) is 53.4 Å². The molecular formula is C20H27ClN2O2. The lowest BCUT2D eigenvalue weighted by atomic mass is 10.1. The van der Waals surface area contributed by atoms with E-state index in [-0.39, 0.29) is 24.4 Å². The van der Waals surface area contributed by atoms with Gasteiger partial charge in [0.05, 0.1) is 12.5 Å². The van der Waals surface area contributed by atoms with Gasteiger partial charge in [0.25, 0.3) is 0 Å². The van der Waals surface area contributed by atoms with Crippen LogP contribution < -0.4 is 5.73 Å². The molecule has 1 atom stereocenters. The highest BCUT2D eigenvalue weighted by Gasteiger charge is 2.18. The number of hydrogen-bond donors (Lipinski definition) is 1.